The Morgan fingerprint density at radius 1 is 1.41 bits per heavy atom. The third-order valence-electron chi connectivity index (χ3n) is 4.21. The Kier molecular flexibility index (Phi) is 4.14. The van der Waals surface area contributed by atoms with Crippen molar-refractivity contribution in [2.45, 2.75) is 12.5 Å². The Labute approximate surface area is 131 Å². The van der Waals surface area contributed by atoms with Crippen LogP contribution in [0.15, 0.2) is 6.07 Å². The average Bonchev–Trinajstić information content (AvgIpc) is 2.95. The Morgan fingerprint density at radius 2 is 2.23 bits per heavy atom. The molecule has 0 spiro atoms. The summed E-state index contributed by atoms with van der Waals surface area (Å²) in [6.07, 6.45) is 1.01. The van der Waals surface area contributed by atoms with E-state index in [-0.39, 0.29) is 12.8 Å². The molecule has 2 aliphatic rings. The highest BCUT2D eigenvalue weighted by Crippen LogP contribution is 2.47. The maximum absolute atomic E-state index is 5.67. The number of benzene rings is 1. The molecule has 0 bridgehead atoms. The topological polar surface area (TPSA) is 36.6 Å². The van der Waals surface area contributed by atoms with E-state index in [1.165, 1.54) is 15.4 Å². The molecule has 0 saturated heterocycles. The van der Waals surface area contributed by atoms with Gasteiger partial charge in [-0.2, -0.15) is 0 Å². The molecule has 118 valence electrons. The molecular weight excluding hydrogens is 280 g/mol. The van der Waals surface area contributed by atoms with Crippen molar-refractivity contribution >= 4 is 0 Å². The molecule has 5 nitrogen and oxygen atoms in total. The molecular formula is C17H24N2O3+2. The third-order valence-corrected chi connectivity index (χ3v) is 4.21. The van der Waals surface area contributed by atoms with E-state index in [0.717, 1.165) is 42.3 Å². The highest BCUT2D eigenvalue weighted by atomic mass is 16.7. The number of hydrogen-bond acceptors (Lipinski definition) is 3. The Balaban J connectivity index is 2.06. The second-order valence-corrected chi connectivity index (χ2v) is 6.20. The van der Waals surface area contributed by atoms with Crippen LogP contribution < -0.4 is 24.0 Å². The van der Waals surface area contributed by atoms with Crippen molar-refractivity contribution in [2.24, 2.45) is 0 Å². The van der Waals surface area contributed by atoms with Crippen LogP contribution in [0.3, 0.4) is 0 Å². The molecule has 22 heavy (non-hydrogen) atoms. The minimum atomic E-state index is 0.118. The standard InChI is InChI=1S/C17H22N2O3/c1-18(2)8-5-6-13-15-12(7-9-19(13)3)10-14-16(17(15)20-4)22-11-21-14/h10,13H,7-9,11H2,1-4H3/p+2/t13-/m1/s1. The lowest BCUT2D eigenvalue weighted by Crippen LogP contribution is -3.10. The SMILES string of the molecule is COc1c2c(cc3c1[C@@H](C#CC[NH+](C)C)[NH+](C)CC3)OCO2. The number of fused-ring (bicyclic) bond motifs is 2. The van der Waals surface area contributed by atoms with E-state index in [0.29, 0.717) is 0 Å². The summed E-state index contributed by atoms with van der Waals surface area (Å²) in [7, 11) is 8.10. The second-order valence-electron chi connectivity index (χ2n) is 6.20. The number of nitrogens with one attached hydrogen (secondary N) is 2. The molecule has 5 heteroatoms. The lowest BCUT2D eigenvalue weighted by atomic mass is 9.91. The summed E-state index contributed by atoms with van der Waals surface area (Å²) in [4.78, 5) is 2.73. The molecule has 2 heterocycles. The van der Waals surface area contributed by atoms with Crippen LogP contribution in [0.2, 0.25) is 0 Å². The lowest BCUT2D eigenvalue weighted by Gasteiger charge is -2.29. The van der Waals surface area contributed by atoms with E-state index in [4.69, 9.17) is 14.2 Å². The molecule has 3 rings (SSSR count). The summed E-state index contributed by atoms with van der Waals surface area (Å²) in [5.74, 6) is 9.06. The van der Waals surface area contributed by atoms with Crippen molar-refractivity contribution in [2.75, 3.05) is 48.1 Å². The van der Waals surface area contributed by atoms with Crippen molar-refractivity contribution in [1.29, 1.82) is 0 Å². The van der Waals surface area contributed by atoms with Crippen molar-refractivity contribution in [3.05, 3.63) is 17.2 Å². The monoisotopic (exact) mass is 304 g/mol. The van der Waals surface area contributed by atoms with Gasteiger partial charge in [-0.3, -0.25) is 0 Å². The Morgan fingerprint density at radius 3 is 2.95 bits per heavy atom. The number of ether oxygens (including phenoxy) is 3. The first-order chi connectivity index (χ1) is 10.6. The minimum Gasteiger partial charge on any atom is -0.492 e. The van der Waals surface area contributed by atoms with Gasteiger partial charge in [-0.1, -0.05) is 0 Å². The third kappa shape index (κ3) is 2.60. The quantitative estimate of drug-likeness (QED) is 0.666. The van der Waals surface area contributed by atoms with Gasteiger partial charge in [0.25, 0.3) is 0 Å². The number of rotatable bonds is 2. The van der Waals surface area contributed by atoms with Crippen LogP contribution in [-0.4, -0.2) is 48.1 Å². The minimum absolute atomic E-state index is 0.118. The van der Waals surface area contributed by atoms with Gasteiger partial charge in [0, 0.05) is 6.42 Å². The van der Waals surface area contributed by atoms with Gasteiger partial charge >= 0.3 is 0 Å². The summed E-state index contributed by atoms with van der Waals surface area (Å²) in [5, 5.41) is 0. The van der Waals surface area contributed by atoms with Crippen molar-refractivity contribution < 1.29 is 24.0 Å². The fraction of sp³-hybridized carbons (Fsp3) is 0.529. The summed E-state index contributed by atoms with van der Waals surface area (Å²) in [6.45, 7) is 2.16. The van der Waals surface area contributed by atoms with Crippen molar-refractivity contribution in [1.82, 2.24) is 0 Å². The predicted molar refractivity (Wildman–Crippen MR) is 82.8 cm³/mol. The normalized spacial score (nSPS) is 22.0. The summed E-state index contributed by atoms with van der Waals surface area (Å²) < 4.78 is 16.8. The highest BCUT2D eigenvalue weighted by molar-refractivity contribution is 5.62. The zero-order valence-corrected chi connectivity index (χ0v) is 13.7. The van der Waals surface area contributed by atoms with Crippen molar-refractivity contribution in [3.8, 4) is 29.1 Å². The molecule has 0 saturated carbocycles. The van der Waals surface area contributed by atoms with Gasteiger partial charge in [-0.15, -0.1) is 0 Å². The fourth-order valence-electron chi connectivity index (χ4n) is 3.05. The van der Waals surface area contributed by atoms with Gasteiger partial charge in [-0.25, -0.2) is 0 Å². The van der Waals surface area contributed by atoms with Gasteiger partial charge in [0.1, 0.15) is 6.54 Å². The zero-order chi connectivity index (χ0) is 15.7. The van der Waals surface area contributed by atoms with E-state index < -0.39 is 0 Å². The van der Waals surface area contributed by atoms with Crippen LogP contribution in [0.4, 0.5) is 0 Å². The number of likely N-dealkylation sites (N-methyl/N-ethyl adjacent to an activating group) is 1. The summed E-state index contributed by atoms with van der Waals surface area (Å²) in [6, 6.07) is 2.21. The van der Waals surface area contributed by atoms with Crippen LogP contribution in [0.1, 0.15) is 17.2 Å². The molecule has 0 amide bonds. The Hall–Kier alpha value is -1.90. The zero-order valence-electron chi connectivity index (χ0n) is 13.7. The molecule has 2 aliphatic heterocycles. The maximum Gasteiger partial charge on any atom is 0.231 e. The smallest absolute Gasteiger partial charge is 0.231 e. The predicted octanol–water partition coefficient (Wildman–Crippen LogP) is -1.32. The molecule has 1 unspecified atom stereocenters. The lowest BCUT2D eigenvalue weighted by molar-refractivity contribution is -0.905. The van der Waals surface area contributed by atoms with E-state index in [2.05, 4.69) is 39.1 Å². The van der Waals surface area contributed by atoms with Crippen molar-refractivity contribution in [3.63, 3.8) is 0 Å². The van der Waals surface area contributed by atoms with Gasteiger partial charge in [-0.05, 0) is 23.5 Å². The first kappa shape index (κ1) is 15.0. The second kappa shape index (κ2) is 6.07. The summed E-state index contributed by atoms with van der Waals surface area (Å²) in [5.41, 5.74) is 2.43. The van der Waals surface area contributed by atoms with Crippen LogP contribution in [0, 0.1) is 11.8 Å². The van der Waals surface area contributed by atoms with Gasteiger partial charge < -0.3 is 24.0 Å². The first-order valence-corrected chi connectivity index (χ1v) is 7.71. The van der Waals surface area contributed by atoms with Crippen LogP contribution in [0.25, 0.3) is 0 Å². The Bertz CT molecular complexity index is 631. The largest absolute Gasteiger partial charge is 0.492 e. The first-order valence-electron chi connectivity index (χ1n) is 7.71. The molecule has 0 aromatic heterocycles. The number of hydrogen-bond donors (Lipinski definition) is 2. The van der Waals surface area contributed by atoms with Gasteiger partial charge in [0.05, 0.1) is 40.4 Å². The van der Waals surface area contributed by atoms with E-state index in [9.17, 15) is 0 Å². The maximum atomic E-state index is 5.67. The number of quaternary nitrogens is 2. The molecule has 0 fully saturated rings. The fourth-order valence-corrected chi connectivity index (χ4v) is 3.05. The van der Waals surface area contributed by atoms with Crippen LogP contribution in [-0.2, 0) is 6.42 Å². The van der Waals surface area contributed by atoms with E-state index in [1.807, 2.05) is 0 Å². The number of methoxy groups -OCH3 is 1. The van der Waals surface area contributed by atoms with E-state index in [1.54, 1.807) is 7.11 Å². The molecule has 2 atom stereocenters. The van der Waals surface area contributed by atoms with Gasteiger partial charge in [0.15, 0.2) is 17.5 Å². The summed E-state index contributed by atoms with van der Waals surface area (Å²) >= 11 is 0. The van der Waals surface area contributed by atoms with Crippen LogP contribution >= 0.6 is 0 Å². The molecule has 0 aliphatic carbocycles. The molecule has 2 N–H and O–H groups in total. The highest BCUT2D eigenvalue weighted by Gasteiger charge is 2.35. The molecule has 1 aromatic rings. The molecule has 1 aromatic carbocycles. The van der Waals surface area contributed by atoms with Crippen LogP contribution in [0.5, 0.6) is 17.2 Å². The van der Waals surface area contributed by atoms with E-state index >= 15 is 0 Å². The average molecular weight is 304 g/mol. The van der Waals surface area contributed by atoms with Gasteiger partial charge in [0.2, 0.25) is 12.5 Å². The molecule has 0 radical (unpaired) electrons.